The van der Waals surface area contributed by atoms with Gasteiger partial charge in [-0.1, -0.05) is 23.7 Å². The predicted octanol–water partition coefficient (Wildman–Crippen LogP) is 3.61. The Morgan fingerprint density at radius 3 is 2.56 bits per heavy atom. The first kappa shape index (κ1) is 24.8. The van der Waals surface area contributed by atoms with Crippen LogP contribution in [0, 0.1) is 0 Å². The first-order chi connectivity index (χ1) is 17.2. The van der Waals surface area contributed by atoms with Gasteiger partial charge in [0.15, 0.2) is 9.84 Å². The van der Waals surface area contributed by atoms with Crippen molar-refractivity contribution in [2.75, 3.05) is 13.1 Å². The molecule has 1 unspecified atom stereocenters. The van der Waals surface area contributed by atoms with Gasteiger partial charge in [0.1, 0.15) is 16.8 Å². The molecule has 2 aliphatic heterocycles. The van der Waals surface area contributed by atoms with Gasteiger partial charge in [0.2, 0.25) is 5.91 Å². The molecule has 1 fully saturated rings. The van der Waals surface area contributed by atoms with Gasteiger partial charge in [-0.15, -0.1) is 0 Å². The van der Waals surface area contributed by atoms with Crippen LogP contribution < -0.4 is 5.32 Å². The van der Waals surface area contributed by atoms with E-state index in [1.165, 1.54) is 13.0 Å². The number of hydrogen-bond donors (Lipinski definition) is 1. The zero-order valence-corrected chi connectivity index (χ0v) is 21.7. The quantitative estimate of drug-likeness (QED) is 0.545. The molecular weight excluding hydrogens is 500 g/mol. The molecule has 8 nitrogen and oxygen atoms in total. The van der Waals surface area contributed by atoms with Crippen molar-refractivity contribution in [2.24, 2.45) is 0 Å². The Morgan fingerprint density at radius 2 is 1.78 bits per heavy atom. The van der Waals surface area contributed by atoms with E-state index >= 15 is 0 Å². The van der Waals surface area contributed by atoms with Crippen molar-refractivity contribution < 1.29 is 18.0 Å². The van der Waals surface area contributed by atoms with Crippen molar-refractivity contribution in [1.82, 2.24) is 19.8 Å². The van der Waals surface area contributed by atoms with Crippen LogP contribution in [0.4, 0.5) is 0 Å². The lowest BCUT2D eigenvalue weighted by atomic mass is 10.0. The van der Waals surface area contributed by atoms with E-state index in [1.54, 1.807) is 41.4 Å². The summed E-state index contributed by atoms with van der Waals surface area (Å²) in [6.07, 6.45) is 5.81. The summed E-state index contributed by atoms with van der Waals surface area (Å²) in [5, 5.41) is 4.03. The normalized spacial score (nSPS) is 17.6. The number of sulfone groups is 1. The van der Waals surface area contributed by atoms with Crippen molar-refractivity contribution in [3.05, 3.63) is 59.1 Å². The van der Waals surface area contributed by atoms with Crippen molar-refractivity contribution in [1.29, 1.82) is 0 Å². The van der Waals surface area contributed by atoms with Crippen LogP contribution in [0.3, 0.4) is 0 Å². The number of carbonyl (C=O) groups excluding carboxylic acids is 2. The van der Waals surface area contributed by atoms with Crippen LogP contribution in [-0.4, -0.2) is 59.1 Å². The molecule has 0 spiro atoms. The molecule has 1 saturated heterocycles. The van der Waals surface area contributed by atoms with E-state index in [9.17, 15) is 18.0 Å². The second-order valence-electron chi connectivity index (χ2n) is 9.58. The van der Waals surface area contributed by atoms with Crippen LogP contribution in [0.1, 0.15) is 48.9 Å². The lowest BCUT2D eigenvalue weighted by Crippen LogP contribution is -2.50. The Bertz CT molecular complexity index is 1430. The number of fused-ring (bicyclic) bond motifs is 2. The first-order valence-electron chi connectivity index (χ1n) is 12.3. The highest BCUT2D eigenvalue weighted by Crippen LogP contribution is 2.26. The maximum Gasteiger partial charge on any atom is 0.269 e. The molecule has 1 aromatic heterocycles. The van der Waals surface area contributed by atoms with Gasteiger partial charge in [0, 0.05) is 37.1 Å². The number of imidazole rings is 1. The third-order valence-electron chi connectivity index (χ3n) is 7.26. The predicted molar refractivity (Wildman–Crippen MR) is 138 cm³/mol. The molecule has 10 heteroatoms. The van der Waals surface area contributed by atoms with Gasteiger partial charge in [0.25, 0.3) is 5.91 Å². The van der Waals surface area contributed by atoms with E-state index < -0.39 is 21.0 Å². The first-order valence-corrected chi connectivity index (χ1v) is 14.2. The molecule has 3 heterocycles. The van der Waals surface area contributed by atoms with Crippen molar-refractivity contribution >= 4 is 44.0 Å². The van der Waals surface area contributed by atoms with Gasteiger partial charge in [-0.3, -0.25) is 9.59 Å². The monoisotopic (exact) mass is 528 g/mol. The molecule has 0 radical (unpaired) electrons. The number of likely N-dealkylation sites (tertiary alicyclic amines) is 1. The van der Waals surface area contributed by atoms with Crippen LogP contribution in [0.5, 0.6) is 0 Å². The maximum atomic E-state index is 13.2. The number of nitrogens with one attached hydrogen (secondary N) is 1. The minimum absolute atomic E-state index is 0.0736. The van der Waals surface area contributed by atoms with Crippen molar-refractivity contribution in [3.8, 4) is 0 Å². The van der Waals surface area contributed by atoms with Crippen LogP contribution in [0.15, 0.2) is 47.5 Å². The van der Waals surface area contributed by atoms with E-state index in [0.29, 0.717) is 36.6 Å². The minimum Gasteiger partial charge on any atom is -0.348 e. The van der Waals surface area contributed by atoms with Gasteiger partial charge in [-0.05, 0) is 67.6 Å². The highest BCUT2D eigenvalue weighted by Gasteiger charge is 2.35. The second-order valence-corrected chi connectivity index (χ2v) is 12.3. The van der Waals surface area contributed by atoms with Gasteiger partial charge in [-0.25, -0.2) is 13.4 Å². The molecule has 2 aromatic carbocycles. The van der Waals surface area contributed by atoms with Crippen LogP contribution in [0.2, 0.25) is 5.02 Å². The summed E-state index contributed by atoms with van der Waals surface area (Å²) in [6.45, 7) is 3.04. The molecule has 5 rings (SSSR count). The van der Waals surface area contributed by atoms with Gasteiger partial charge in [0.05, 0.1) is 11.1 Å². The zero-order chi connectivity index (χ0) is 25.4. The van der Waals surface area contributed by atoms with Crippen LogP contribution in [0.25, 0.3) is 10.8 Å². The number of hydrogen-bond acceptors (Lipinski definition) is 5. The van der Waals surface area contributed by atoms with Gasteiger partial charge >= 0.3 is 0 Å². The lowest BCUT2D eigenvalue weighted by Gasteiger charge is -2.33. The molecule has 0 aliphatic carbocycles. The lowest BCUT2D eigenvalue weighted by molar-refractivity contribution is -0.131. The summed E-state index contributed by atoms with van der Waals surface area (Å²) in [5.41, 5.74) is 0.584. The summed E-state index contributed by atoms with van der Waals surface area (Å²) in [4.78, 5) is 32.0. The number of halogens is 1. The largest absolute Gasteiger partial charge is 0.348 e. The summed E-state index contributed by atoms with van der Waals surface area (Å²) < 4.78 is 28.5. The number of amides is 2. The fraction of sp³-hybridized carbons (Fsp3) is 0.423. The number of rotatable bonds is 5. The molecule has 190 valence electrons. The summed E-state index contributed by atoms with van der Waals surface area (Å²) in [7, 11) is -3.86. The van der Waals surface area contributed by atoms with Crippen LogP contribution in [-0.2, 0) is 27.6 Å². The van der Waals surface area contributed by atoms with Crippen molar-refractivity contribution in [3.63, 3.8) is 0 Å². The van der Waals surface area contributed by atoms with E-state index in [-0.39, 0.29) is 16.8 Å². The van der Waals surface area contributed by atoms with Gasteiger partial charge in [-0.2, -0.15) is 0 Å². The summed E-state index contributed by atoms with van der Waals surface area (Å²) in [5.74, 6) is 0.395. The fourth-order valence-electron chi connectivity index (χ4n) is 5.07. The van der Waals surface area contributed by atoms with Crippen molar-refractivity contribution in [2.45, 2.75) is 61.8 Å². The topological polar surface area (TPSA) is 101 Å². The molecule has 2 aliphatic rings. The Morgan fingerprint density at radius 1 is 1.06 bits per heavy atom. The number of benzene rings is 2. The smallest absolute Gasteiger partial charge is 0.269 e. The summed E-state index contributed by atoms with van der Waals surface area (Å²) >= 11 is 6.02. The number of aromatic nitrogens is 2. The fourth-order valence-corrected chi connectivity index (χ4v) is 6.62. The highest BCUT2D eigenvalue weighted by atomic mass is 35.5. The second kappa shape index (κ2) is 9.86. The number of nitrogens with zero attached hydrogens (tertiary/aromatic N) is 3. The van der Waals surface area contributed by atoms with Gasteiger partial charge < -0.3 is 14.8 Å². The molecule has 3 aromatic rings. The third-order valence-corrected chi connectivity index (χ3v) is 9.54. The number of piperidine rings is 1. The number of aryl methyl sites for hydroxylation is 1. The zero-order valence-electron chi connectivity index (χ0n) is 20.1. The highest BCUT2D eigenvalue weighted by molar-refractivity contribution is 7.92. The SMILES string of the molecule is CC(C(=O)N1CCC(NC(=O)c2cnc3n2CCCC3)CC1)S(=O)(=O)c1ccc2cc(Cl)ccc2c1. The van der Waals surface area contributed by atoms with E-state index in [1.807, 2.05) is 4.57 Å². The van der Waals surface area contributed by atoms with E-state index in [4.69, 9.17) is 11.6 Å². The minimum atomic E-state index is -3.86. The molecule has 2 amide bonds. The molecule has 0 saturated carbocycles. The Kier molecular flexibility index (Phi) is 6.78. The third kappa shape index (κ3) is 4.74. The number of carbonyl (C=O) groups is 2. The Balaban J connectivity index is 1.21. The molecule has 0 bridgehead atoms. The van der Waals surface area contributed by atoms with E-state index in [0.717, 1.165) is 42.4 Å². The van der Waals surface area contributed by atoms with Crippen LogP contribution >= 0.6 is 11.6 Å². The van der Waals surface area contributed by atoms with E-state index in [2.05, 4.69) is 10.3 Å². The molecule has 1 N–H and O–H groups in total. The standard InChI is InChI=1S/C26H29ClN4O4S/c1-17(36(34,35)22-8-6-18-14-20(27)7-5-19(18)15-22)26(33)30-12-9-21(10-13-30)29-25(32)23-16-28-24-4-2-3-11-31(23)24/h5-8,14-17,21H,2-4,9-13H2,1H3,(H,29,32). The Labute approximate surface area is 215 Å². The summed E-state index contributed by atoms with van der Waals surface area (Å²) in [6, 6.07) is 9.98. The molecule has 36 heavy (non-hydrogen) atoms. The maximum absolute atomic E-state index is 13.2. The molecular formula is C26H29ClN4O4S. The Hall–Kier alpha value is -2.91. The molecule has 1 atom stereocenters. The average Bonchev–Trinajstić information content (AvgIpc) is 3.32. The average molecular weight is 529 g/mol.